The van der Waals surface area contributed by atoms with E-state index in [1.54, 1.807) is 0 Å². The average molecular weight is 316 g/mol. The molecule has 0 atom stereocenters. The van der Waals surface area contributed by atoms with E-state index >= 15 is 0 Å². The van der Waals surface area contributed by atoms with Crippen LogP contribution < -0.4 is 5.32 Å². The van der Waals surface area contributed by atoms with Crippen molar-refractivity contribution < 1.29 is 4.79 Å². The average Bonchev–Trinajstić information content (AvgIpc) is 2.86. The van der Waals surface area contributed by atoms with Gasteiger partial charge in [-0.25, -0.2) is 0 Å². The molecule has 0 aliphatic rings. The van der Waals surface area contributed by atoms with E-state index in [1.807, 2.05) is 48.5 Å². The van der Waals surface area contributed by atoms with Gasteiger partial charge in [0.15, 0.2) is 0 Å². The lowest BCUT2D eigenvalue weighted by atomic mass is 10.1. The highest BCUT2D eigenvalue weighted by Crippen LogP contribution is 2.35. The van der Waals surface area contributed by atoms with Gasteiger partial charge in [0.2, 0.25) is 0 Å². The van der Waals surface area contributed by atoms with E-state index in [-0.39, 0.29) is 5.91 Å². The second-order valence-electron chi connectivity index (χ2n) is 4.75. The van der Waals surface area contributed by atoms with Crippen molar-refractivity contribution in [2.24, 2.45) is 0 Å². The number of fused-ring (bicyclic) bond motifs is 1. The summed E-state index contributed by atoms with van der Waals surface area (Å²) in [5.74, 6) is -0.162. The predicted molar refractivity (Wildman–Crippen MR) is 90.6 cm³/mol. The van der Waals surface area contributed by atoms with Crippen LogP contribution in [-0.2, 0) is 6.42 Å². The number of amides is 1. The predicted octanol–water partition coefficient (Wildman–Crippen LogP) is 5.37. The van der Waals surface area contributed by atoms with Gasteiger partial charge in [0, 0.05) is 15.8 Å². The molecule has 0 radical (unpaired) electrons. The molecule has 2 aromatic carbocycles. The lowest BCUT2D eigenvalue weighted by molar-refractivity contribution is 0.103. The standard InChI is InChI=1S/C17H14ClNOS/c1-2-11-7-9-12(10-8-11)19-17(20)16-15(18)13-5-3-4-6-14(13)21-16/h3-10H,2H2,1H3,(H,19,20). The maximum atomic E-state index is 12.4. The molecule has 1 aromatic heterocycles. The second kappa shape index (κ2) is 5.88. The topological polar surface area (TPSA) is 29.1 Å². The van der Waals surface area contributed by atoms with Crippen molar-refractivity contribution in [1.82, 2.24) is 0 Å². The molecule has 0 saturated carbocycles. The molecule has 0 fully saturated rings. The first kappa shape index (κ1) is 14.1. The van der Waals surface area contributed by atoms with Gasteiger partial charge in [-0.15, -0.1) is 11.3 Å². The smallest absolute Gasteiger partial charge is 0.267 e. The summed E-state index contributed by atoms with van der Waals surface area (Å²) in [7, 11) is 0. The van der Waals surface area contributed by atoms with Crippen LogP contribution in [0.1, 0.15) is 22.2 Å². The van der Waals surface area contributed by atoms with E-state index < -0.39 is 0 Å². The van der Waals surface area contributed by atoms with Gasteiger partial charge in [-0.05, 0) is 30.2 Å². The van der Waals surface area contributed by atoms with E-state index in [0.29, 0.717) is 9.90 Å². The quantitative estimate of drug-likeness (QED) is 0.691. The highest BCUT2D eigenvalue weighted by molar-refractivity contribution is 7.21. The molecule has 21 heavy (non-hydrogen) atoms. The maximum absolute atomic E-state index is 12.4. The normalized spacial score (nSPS) is 10.8. The number of aryl methyl sites for hydroxylation is 1. The first-order valence-electron chi connectivity index (χ1n) is 6.76. The number of nitrogens with one attached hydrogen (secondary N) is 1. The lowest BCUT2D eigenvalue weighted by Gasteiger charge is -2.05. The molecule has 0 spiro atoms. The van der Waals surface area contributed by atoms with Crippen molar-refractivity contribution >= 4 is 44.6 Å². The summed E-state index contributed by atoms with van der Waals surface area (Å²) < 4.78 is 1.02. The molecule has 3 rings (SSSR count). The zero-order valence-corrected chi connectivity index (χ0v) is 13.1. The van der Waals surface area contributed by atoms with Gasteiger partial charge >= 0.3 is 0 Å². The lowest BCUT2D eigenvalue weighted by Crippen LogP contribution is -2.10. The first-order valence-corrected chi connectivity index (χ1v) is 7.96. The van der Waals surface area contributed by atoms with Crippen LogP contribution >= 0.6 is 22.9 Å². The Morgan fingerprint density at radius 1 is 1.14 bits per heavy atom. The highest BCUT2D eigenvalue weighted by atomic mass is 35.5. The van der Waals surface area contributed by atoms with Gasteiger partial charge < -0.3 is 5.32 Å². The van der Waals surface area contributed by atoms with Crippen molar-refractivity contribution in [3.63, 3.8) is 0 Å². The Hall–Kier alpha value is -1.84. The Bertz CT molecular complexity index is 792. The molecule has 0 bridgehead atoms. The molecule has 1 N–H and O–H groups in total. The molecule has 0 aliphatic heterocycles. The minimum atomic E-state index is -0.162. The number of benzene rings is 2. The Balaban J connectivity index is 1.87. The molecule has 3 aromatic rings. The third kappa shape index (κ3) is 2.80. The summed E-state index contributed by atoms with van der Waals surface area (Å²) in [4.78, 5) is 12.9. The SMILES string of the molecule is CCc1ccc(NC(=O)c2sc3ccccc3c2Cl)cc1. The Labute approximate surface area is 132 Å². The molecule has 2 nitrogen and oxygen atoms in total. The Kier molecular flexibility index (Phi) is 3.95. The van der Waals surface area contributed by atoms with Crippen molar-refractivity contribution in [3.8, 4) is 0 Å². The van der Waals surface area contributed by atoms with E-state index in [2.05, 4.69) is 12.2 Å². The molecule has 106 valence electrons. The largest absolute Gasteiger partial charge is 0.321 e. The molecule has 4 heteroatoms. The number of thiophene rings is 1. The zero-order chi connectivity index (χ0) is 14.8. The van der Waals surface area contributed by atoms with Gasteiger partial charge in [-0.3, -0.25) is 4.79 Å². The van der Waals surface area contributed by atoms with Crippen LogP contribution in [-0.4, -0.2) is 5.91 Å². The zero-order valence-electron chi connectivity index (χ0n) is 11.5. The van der Waals surface area contributed by atoms with E-state index in [0.717, 1.165) is 22.2 Å². The third-order valence-corrected chi connectivity index (χ3v) is 5.04. The van der Waals surface area contributed by atoms with Gasteiger partial charge in [0.05, 0.1) is 5.02 Å². The van der Waals surface area contributed by atoms with Crippen LogP contribution in [0, 0.1) is 0 Å². The van der Waals surface area contributed by atoms with E-state index in [1.165, 1.54) is 16.9 Å². The van der Waals surface area contributed by atoms with E-state index in [4.69, 9.17) is 11.6 Å². The molecule has 0 saturated heterocycles. The monoisotopic (exact) mass is 315 g/mol. The molecule has 1 heterocycles. The summed E-state index contributed by atoms with van der Waals surface area (Å²) in [6.07, 6.45) is 0.983. The number of hydrogen-bond donors (Lipinski definition) is 1. The fourth-order valence-corrected chi connectivity index (χ4v) is 3.58. The van der Waals surface area contributed by atoms with Crippen molar-refractivity contribution in [1.29, 1.82) is 0 Å². The summed E-state index contributed by atoms with van der Waals surface area (Å²) >= 11 is 7.73. The van der Waals surface area contributed by atoms with Crippen LogP contribution in [0.4, 0.5) is 5.69 Å². The van der Waals surface area contributed by atoms with Crippen molar-refractivity contribution in [2.75, 3.05) is 5.32 Å². The van der Waals surface area contributed by atoms with Gasteiger partial charge in [-0.2, -0.15) is 0 Å². The van der Waals surface area contributed by atoms with Crippen molar-refractivity contribution in [3.05, 3.63) is 64.0 Å². The molecular weight excluding hydrogens is 302 g/mol. The molecule has 0 unspecified atom stereocenters. The molecule has 1 amide bonds. The van der Waals surface area contributed by atoms with Crippen LogP contribution in [0.2, 0.25) is 5.02 Å². The minimum absolute atomic E-state index is 0.162. The van der Waals surface area contributed by atoms with Crippen LogP contribution in [0.3, 0.4) is 0 Å². The Morgan fingerprint density at radius 2 is 1.86 bits per heavy atom. The summed E-state index contributed by atoms with van der Waals surface area (Å²) in [6, 6.07) is 15.6. The number of carbonyl (C=O) groups excluding carboxylic acids is 1. The van der Waals surface area contributed by atoms with Crippen molar-refractivity contribution in [2.45, 2.75) is 13.3 Å². The third-order valence-electron chi connectivity index (χ3n) is 3.36. The summed E-state index contributed by atoms with van der Waals surface area (Å²) in [6.45, 7) is 2.10. The molecular formula is C17H14ClNOS. The second-order valence-corrected chi connectivity index (χ2v) is 6.18. The number of carbonyl (C=O) groups is 1. The van der Waals surface area contributed by atoms with Gasteiger partial charge in [-0.1, -0.05) is 48.9 Å². The number of hydrogen-bond acceptors (Lipinski definition) is 2. The van der Waals surface area contributed by atoms with Crippen LogP contribution in [0.15, 0.2) is 48.5 Å². The minimum Gasteiger partial charge on any atom is -0.321 e. The van der Waals surface area contributed by atoms with Crippen LogP contribution in [0.5, 0.6) is 0 Å². The Morgan fingerprint density at radius 3 is 2.52 bits per heavy atom. The van der Waals surface area contributed by atoms with Crippen LogP contribution in [0.25, 0.3) is 10.1 Å². The number of halogens is 1. The molecule has 0 aliphatic carbocycles. The highest BCUT2D eigenvalue weighted by Gasteiger charge is 2.16. The first-order chi connectivity index (χ1) is 10.2. The fourth-order valence-electron chi connectivity index (χ4n) is 2.17. The maximum Gasteiger partial charge on any atom is 0.267 e. The van der Waals surface area contributed by atoms with Gasteiger partial charge in [0.1, 0.15) is 4.88 Å². The number of anilines is 1. The van der Waals surface area contributed by atoms with Gasteiger partial charge in [0.25, 0.3) is 5.91 Å². The summed E-state index contributed by atoms with van der Waals surface area (Å²) in [5, 5.41) is 4.35. The summed E-state index contributed by atoms with van der Waals surface area (Å²) in [5.41, 5.74) is 2.03. The van der Waals surface area contributed by atoms with E-state index in [9.17, 15) is 4.79 Å². The fraction of sp³-hybridized carbons (Fsp3) is 0.118. The number of rotatable bonds is 3.